The number of hydrogen-bond donors (Lipinski definition) is 0. The molecule has 0 radical (unpaired) electrons. The summed E-state index contributed by atoms with van der Waals surface area (Å²) in [5.74, 6) is 0. The molecule has 4 aromatic heterocycles. The molecule has 4 heterocycles. The molecule has 322 valence electrons. The molecule has 0 bridgehead atoms. The number of pyridine rings is 2. The van der Waals surface area contributed by atoms with Crippen LogP contribution in [-0.4, -0.2) is 19.1 Å². The number of fused-ring (bicyclic) bond motifs is 6. The average Bonchev–Trinajstić information content (AvgIpc) is 3.90. The third kappa shape index (κ3) is 6.79. The first kappa shape index (κ1) is 40.4. The lowest BCUT2D eigenvalue weighted by Crippen LogP contribution is -2.17. The summed E-state index contributed by atoms with van der Waals surface area (Å²) in [7, 11) is 0. The van der Waals surface area contributed by atoms with Gasteiger partial charge in [-0.2, -0.15) is 18.4 Å². The summed E-state index contributed by atoms with van der Waals surface area (Å²) in [6, 6.07) is 70.7. The van der Waals surface area contributed by atoms with E-state index in [0.717, 1.165) is 55.2 Å². The SMILES string of the molecule is N#Cc1cccc(-c2ccc(-n3c4ccccc4c4ccc(-c5cccc(-c6ccccc6)n5)cc43)c(C(F)(F)F)c2-n2c3ccccc3c3ccc(-c4cccc(-c5ccccc5)n4)cc32)c1. The summed E-state index contributed by atoms with van der Waals surface area (Å²) in [6.07, 6.45) is -4.89. The zero-order valence-electron chi connectivity index (χ0n) is 36.2. The monoisotopic (exact) mass is 883 g/mol. The molecule has 0 N–H and O–H groups in total. The predicted octanol–water partition coefficient (Wildman–Crippen LogP) is 15.9. The van der Waals surface area contributed by atoms with Gasteiger partial charge in [-0.25, -0.2) is 9.97 Å². The molecule has 0 unspecified atom stereocenters. The first-order chi connectivity index (χ1) is 33.3. The molecular formula is C60H36F3N5. The second kappa shape index (κ2) is 16.1. The summed E-state index contributed by atoms with van der Waals surface area (Å²) in [5.41, 5.74) is 8.96. The molecule has 8 heteroatoms. The first-order valence-electron chi connectivity index (χ1n) is 22.2. The maximum absolute atomic E-state index is 16.9. The number of para-hydroxylation sites is 2. The van der Waals surface area contributed by atoms with Crippen LogP contribution in [0.1, 0.15) is 11.1 Å². The number of nitrogens with zero attached hydrogens (tertiary/aromatic N) is 5. The molecule has 12 aromatic rings. The summed E-state index contributed by atoms with van der Waals surface area (Å²) >= 11 is 0. The molecule has 0 atom stereocenters. The zero-order valence-corrected chi connectivity index (χ0v) is 36.2. The van der Waals surface area contributed by atoms with Gasteiger partial charge in [-0.1, -0.05) is 152 Å². The highest BCUT2D eigenvalue weighted by atomic mass is 19.4. The normalized spacial score (nSPS) is 11.7. The summed E-state index contributed by atoms with van der Waals surface area (Å²) in [5, 5.41) is 13.2. The number of hydrogen-bond acceptors (Lipinski definition) is 3. The van der Waals surface area contributed by atoms with Crippen LogP contribution < -0.4 is 0 Å². The van der Waals surface area contributed by atoms with E-state index in [-0.39, 0.29) is 11.4 Å². The highest BCUT2D eigenvalue weighted by Gasteiger charge is 2.40. The minimum atomic E-state index is -4.89. The van der Waals surface area contributed by atoms with Gasteiger partial charge in [0.2, 0.25) is 0 Å². The molecule has 0 aliphatic carbocycles. The van der Waals surface area contributed by atoms with Crippen molar-refractivity contribution in [3.63, 3.8) is 0 Å². The summed E-state index contributed by atoms with van der Waals surface area (Å²) in [6.45, 7) is 0. The van der Waals surface area contributed by atoms with Crippen molar-refractivity contribution >= 4 is 43.6 Å². The van der Waals surface area contributed by atoms with Gasteiger partial charge in [0.05, 0.1) is 67.8 Å². The Balaban J connectivity index is 1.17. The first-order valence-corrected chi connectivity index (χ1v) is 22.2. The van der Waals surface area contributed by atoms with E-state index in [0.29, 0.717) is 50.1 Å². The number of benzene rings is 8. The number of aromatic nitrogens is 4. The molecule has 0 fully saturated rings. The van der Waals surface area contributed by atoms with Crippen molar-refractivity contribution in [2.24, 2.45) is 0 Å². The zero-order chi connectivity index (χ0) is 45.9. The Hall–Kier alpha value is -9.06. The molecule has 68 heavy (non-hydrogen) atoms. The maximum Gasteiger partial charge on any atom is 0.420 e. The van der Waals surface area contributed by atoms with E-state index in [4.69, 9.17) is 9.97 Å². The smallest absolute Gasteiger partial charge is 0.309 e. The third-order valence-corrected chi connectivity index (χ3v) is 12.8. The molecule has 12 rings (SSSR count). The van der Waals surface area contributed by atoms with E-state index >= 15 is 13.2 Å². The van der Waals surface area contributed by atoms with Gasteiger partial charge in [0.15, 0.2) is 0 Å². The van der Waals surface area contributed by atoms with Crippen LogP contribution in [0.3, 0.4) is 0 Å². The minimum Gasteiger partial charge on any atom is -0.309 e. The van der Waals surface area contributed by atoms with Crippen molar-refractivity contribution in [3.05, 3.63) is 230 Å². The van der Waals surface area contributed by atoms with Gasteiger partial charge in [0, 0.05) is 49.4 Å². The van der Waals surface area contributed by atoms with Gasteiger partial charge >= 0.3 is 6.18 Å². The van der Waals surface area contributed by atoms with Crippen LogP contribution in [0.25, 0.3) is 111 Å². The number of rotatable bonds is 7. The van der Waals surface area contributed by atoms with Crippen molar-refractivity contribution < 1.29 is 13.2 Å². The quantitative estimate of drug-likeness (QED) is 0.160. The lowest BCUT2D eigenvalue weighted by molar-refractivity contribution is -0.137. The van der Waals surface area contributed by atoms with Crippen LogP contribution >= 0.6 is 0 Å². The highest BCUT2D eigenvalue weighted by Crippen LogP contribution is 2.48. The Kier molecular flexibility index (Phi) is 9.59. The van der Waals surface area contributed by atoms with E-state index in [1.165, 1.54) is 0 Å². The summed E-state index contributed by atoms with van der Waals surface area (Å²) < 4.78 is 54.3. The topological polar surface area (TPSA) is 59.4 Å². The summed E-state index contributed by atoms with van der Waals surface area (Å²) in [4.78, 5) is 10.1. The Labute approximate surface area is 388 Å². The predicted molar refractivity (Wildman–Crippen MR) is 268 cm³/mol. The van der Waals surface area contributed by atoms with Gasteiger partial charge in [0.1, 0.15) is 5.56 Å². The molecule has 0 aliphatic rings. The van der Waals surface area contributed by atoms with Gasteiger partial charge < -0.3 is 9.13 Å². The van der Waals surface area contributed by atoms with E-state index < -0.39 is 11.7 Å². The largest absolute Gasteiger partial charge is 0.420 e. The Bertz CT molecular complexity index is 3970. The molecule has 5 nitrogen and oxygen atoms in total. The van der Waals surface area contributed by atoms with Crippen LogP contribution in [0, 0.1) is 11.3 Å². The second-order valence-corrected chi connectivity index (χ2v) is 16.8. The molecule has 0 saturated carbocycles. The van der Waals surface area contributed by atoms with Crippen LogP contribution in [0.2, 0.25) is 0 Å². The van der Waals surface area contributed by atoms with Crippen molar-refractivity contribution in [3.8, 4) is 73.6 Å². The minimum absolute atomic E-state index is 0.0404. The van der Waals surface area contributed by atoms with Crippen LogP contribution in [0.15, 0.2) is 218 Å². The van der Waals surface area contributed by atoms with E-state index in [1.807, 2.05) is 182 Å². The maximum atomic E-state index is 16.9. The van der Waals surface area contributed by atoms with E-state index in [2.05, 4.69) is 6.07 Å². The second-order valence-electron chi connectivity index (χ2n) is 16.8. The highest BCUT2D eigenvalue weighted by molar-refractivity contribution is 6.12. The molecule has 0 saturated heterocycles. The average molecular weight is 884 g/mol. The van der Waals surface area contributed by atoms with E-state index in [9.17, 15) is 5.26 Å². The fourth-order valence-electron chi connectivity index (χ4n) is 9.76. The lowest BCUT2D eigenvalue weighted by Gasteiger charge is -2.24. The van der Waals surface area contributed by atoms with Gasteiger partial charge in [-0.05, 0) is 72.3 Å². The van der Waals surface area contributed by atoms with Crippen molar-refractivity contribution in [1.82, 2.24) is 19.1 Å². The van der Waals surface area contributed by atoms with E-state index in [1.54, 1.807) is 45.5 Å². The van der Waals surface area contributed by atoms with Gasteiger partial charge in [-0.15, -0.1) is 0 Å². The number of nitriles is 1. The van der Waals surface area contributed by atoms with Gasteiger partial charge in [0.25, 0.3) is 0 Å². The fourth-order valence-corrected chi connectivity index (χ4v) is 9.76. The molecule has 8 aromatic carbocycles. The Morgan fingerprint density at radius 2 is 0.838 bits per heavy atom. The fraction of sp³-hybridized carbons (Fsp3) is 0.0167. The third-order valence-electron chi connectivity index (χ3n) is 12.8. The van der Waals surface area contributed by atoms with Crippen molar-refractivity contribution in [2.45, 2.75) is 6.18 Å². The molecule has 0 aliphatic heterocycles. The van der Waals surface area contributed by atoms with Crippen LogP contribution in [0.4, 0.5) is 13.2 Å². The van der Waals surface area contributed by atoms with Crippen molar-refractivity contribution in [1.29, 1.82) is 5.26 Å². The number of alkyl halides is 3. The standard InChI is InChI=1S/C60H36F3N5/c61-60(62,63)58-55(67-53-26-9-7-20-45(53)47-30-28-42(35-56(47)67)51-24-12-22-49(65-51)39-15-3-1-4-16-39)33-32-44(41-19-11-14-38(34-41)37-64)59(58)68-54-27-10-8-21-46(54)48-31-29-43(36-57(48)68)52-25-13-23-50(66-52)40-17-5-2-6-18-40/h1-36H. The Morgan fingerprint density at radius 1 is 0.382 bits per heavy atom. The van der Waals surface area contributed by atoms with Crippen LogP contribution in [-0.2, 0) is 6.18 Å². The molecule has 0 spiro atoms. The van der Waals surface area contributed by atoms with Crippen molar-refractivity contribution in [2.75, 3.05) is 0 Å². The molecular weight excluding hydrogens is 848 g/mol. The lowest BCUT2D eigenvalue weighted by atomic mass is 9.96. The number of halogens is 3. The van der Waals surface area contributed by atoms with Crippen LogP contribution in [0.5, 0.6) is 0 Å². The van der Waals surface area contributed by atoms with Gasteiger partial charge in [-0.3, -0.25) is 0 Å². The molecule has 0 amide bonds. The Morgan fingerprint density at radius 3 is 1.38 bits per heavy atom.